The zero-order chi connectivity index (χ0) is 8.15. The summed E-state index contributed by atoms with van der Waals surface area (Å²) < 4.78 is 0. The summed E-state index contributed by atoms with van der Waals surface area (Å²) in [6.45, 7) is 6.50. The van der Waals surface area contributed by atoms with Crippen molar-refractivity contribution in [2.24, 2.45) is 10.9 Å². The van der Waals surface area contributed by atoms with Gasteiger partial charge in [-0.2, -0.15) is 0 Å². The number of hydrogen-bond acceptors (Lipinski definition) is 2. The molecule has 0 spiro atoms. The minimum atomic E-state index is -0.0124. The van der Waals surface area contributed by atoms with Crippen LogP contribution < -0.4 is 0 Å². The highest BCUT2D eigenvalue weighted by molar-refractivity contribution is 6.66. The average molecular weight is 161 g/mol. The van der Waals surface area contributed by atoms with Gasteiger partial charge in [-0.15, -0.1) is 0 Å². The zero-order valence-corrected chi connectivity index (χ0v) is 7.37. The van der Waals surface area contributed by atoms with Gasteiger partial charge in [0.1, 0.15) is 5.17 Å². The van der Waals surface area contributed by atoms with Gasteiger partial charge in [0.2, 0.25) is 0 Å². The maximum atomic E-state index is 7.09. The number of halogens is 1. The predicted molar refractivity (Wildman–Crippen MR) is 46.4 cm³/mol. The van der Waals surface area contributed by atoms with Crippen molar-refractivity contribution in [3.05, 3.63) is 0 Å². The Hall–Kier alpha value is -0.370. The Bertz CT molecular complexity index is 152. The first kappa shape index (κ1) is 9.63. The SMILES string of the molecule is CCN=C(C)C(C)C(=N)Cl. The molecular formula is C7H13ClN2. The van der Waals surface area contributed by atoms with Gasteiger partial charge in [-0.1, -0.05) is 18.5 Å². The Morgan fingerprint density at radius 2 is 2.20 bits per heavy atom. The van der Waals surface area contributed by atoms with E-state index in [1.165, 1.54) is 0 Å². The molecule has 1 N–H and O–H groups in total. The highest BCUT2D eigenvalue weighted by Gasteiger charge is 2.08. The summed E-state index contributed by atoms with van der Waals surface area (Å²) in [7, 11) is 0. The molecule has 0 aliphatic carbocycles. The normalized spacial score (nSPS) is 15.0. The van der Waals surface area contributed by atoms with E-state index in [2.05, 4.69) is 4.99 Å². The third-order valence-corrected chi connectivity index (χ3v) is 1.74. The van der Waals surface area contributed by atoms with E-state index in [0.717, 1.165) is 12.3 Å². The Balaban J connectivity index is 4.06. The van der Waals surface area contributed by atoms with Crippen molar-refractivity contribution < 1.29 is 0 Å². The molecule has 58 valence electrons. The molecule has 0 fully saturated rings. The van der Waals surface area contributed by atoms with Gasteiger partial charge < -0.3 is 0 Å². The van der Waals surface area contributed by atoms with Crippen LogP contribution in [0, 0.1) is 11.3 Å². The van der Waals surface area contributed by atoms with E-state index in [4.69, 9.17) is 17.0 Å². The summed E-state index contributed by atoms with van der Waals surface area (Å²) in [5.74, 6) is -0.0124. The topological polar surface area (TPSA) is 36.2 Å². The predicted octanol–water partition coefficient (Wildman–Crippen LogP) is 2.32. The van der Waals surface area contributed by atoms with Crippen LogP contribution >= 0.6 is 11.6 Å². The van der Waals surface area contributed by atoms with Gasteiger partial charge in [-0.25, -0.2) is 0 Å². The fourth-order valence-corrected chi connectivity index (χ4v) is 0.728. The smallest absolute Gasteiger partial charge is 0.105 e. The summed E-state index contributed by atoms with van der Waals surface area (Å²) in [5.41, 5.74) is 0.933. The van der Waals surface area contributed by atoms with Crippen LogP contribution in [0.4, 0.5) is 0 Å². The maximum Gasteiger partial charge on any atom is 0.105 e. The van der Waals surface area contributed by atoms with Gasteiger partial charge in [-0.3, -0.25) is 10.4 Å². The molecule has 0 radical (unpaired) electrons. The van der Waals surface area contributed by atoms with E-state index in [1.54, 1.807) is 0 Å². The van der Waals surface area contributed by atoms with Gasteiger partial charge in [0, 0.05) is 18.2 Å². The fourth-order valence-electron chi connectivity index (χ4n) is 0.570. The molecule has 1 unspecified atom stereocenters. The second-order valence-corrected chi connectivity index (χ2v) is 2.59. The van der Waals surface area contributed by atoms with E-state index in [0.29, 0.717) is 0 Å². The average Bonchev–Trinajstić information content (AvgIpc) is 1.87. The molecule has 0 aliphatic rings. The minimum Gasteiger partial charge on any atom is -0.294 e. The van der Waals surface area contributed by atoms with E-state index in [9.17, 15) is 0 Å². The van der Waals surface area contributed by atoms with Crippen LogP contribution in [0.2, 0.25) is 0 Å². The minimum absolute atomic E-state index is 0.0124. The molecule has 10 heavy (non-hydrogen) atoms. The lowest BCUT2D eigenvalue weighted by Crippen LogP contribution is -2.13. The third kappa shape index (κ3) is 2.97. The van der Waals surface area contributed by atoms with Crippen LogP contribution in [0.3, 0.4) is 0 Å². The number of aliphatic imine (C=N–C) groups is 1. The summed E-state index contributed by atoms with van der Waals surface area (Å²) in [6.07, 6.45) is 0. The molecule has 0 heterocycles. The summed E-state index contributed by atoms with van der Waals surface area (Å²) in [5, 5.41) is 7.26. The second kappa shape index (κ2) is 4.45. The van der Waals surface area contributed by atoms with Crippen molar-refractivity contribution in [1.29, 1.82) is 5.41 Å². The Morgan fingerprint density at radius 1 is 1.70 bits per heavy atom. The van der Waals surface area contributed by atoms with Gasteiger partial charge in [0.15, 0.2) is 0 Å². The summed E-state index contributed by atoms with van der Waals surface area (Å²) in [4.78, 5) is 4.14. The van der Waals surface area contributed by atoms with E-state index in [1.807, 2.05) is 20.8 Å². The molecule has 0 bridgehead atoms. The molecule has 0 aromatic rings. The first-order chi connectivity index (χ1) is 4.59. The van der Waals surface area contributed by atoms with Crippen molar-refractivity contribution in [2.45, 2.75) is 20.8 Å². The van der Waals surface area contributed by atoms with Gasteiger partial charge in [-0.05, 0) is 13.8 Å². The monoisotopic (exact) mass is 160 g/mol. The highest BCUT2D eigenvalue weighted by atomic mass is 35.5. The third-order valence-electron chi connectivity index (χ3n) is 1.41. The molecule has 3 heteroatoms. The number of rotatable bonds is 3. The maximum absolute atomic E-state index is 7.09. The lowest BCUT2D eigenvalue weighted by Gasteiger charge is -2.05. The molecular weight excluding hydrogens is 148 g/mol. The molecule has 0 aromatic carbocycles. The second-order valence-electron chi connectivity index (χ2n) is 2.19. The van der Waals surface area contributed by atoms with Crippen LogP contribution in [0.25, 0.3) is 0 Å². The van der Waals surface area contributed by atoms with Gasteiger partial charge >= 0.3 is 0 Å². The van der Waals surface area contributed by atoms with Crippen molar-refractivity contribution in [2.75, 3.05) is 6.54 Å². The van der Waals surface area contributed by atoms with Crippen molar-refractivity contribution in [1.82, 2.24) is 0 Å². The lowest BCUT2D eigenvalue weighted by atomic mass is 10.1. The number of hydrogen-bond donors (Lipinski definition) is 1. The fraction of sp³-hybridized carbons (Fsp3) is 0.714. The largest absolute Gasteiger partial charge is 0.294 e. The van der Waals surface area contributed by atoms with Crippen LogP contribution in [-0.2, 0) is 0 Å². The zero-order valence-electron chi connectivity index (χ0n) is 6.61. The quantitative estimate of drug-likeness (QED) is 0.616. The van der Waals surface area contributed by atoms with Crippen molar-refractivity contribution >= 4 is 22.5 Å². The van der Waals surface area contributed by atoms with Crippen molar-refractivity contribution in [3.63, 3.8) is 0 Å². The molecule has 0 saturated carbocycles. The molecule has 0 aliphatic heterocycles. The van der Waals surface area contributed by atoms with Gasteiger partial charge in [0.25, 0.3) is 0 Å². The number of nitrogens with zero attached hydrogens (tertiary/aromatic N) is 1. The van der Waals surface area contributed by atoms with E-state index >= 15 is 0 Å². The summed E-state index contributed by atoms with van der Waals surface area (Å²) >= 11 is 5.46. The summed E-state index contributed by atoms with van der Waals surface area (Å²) in [6, 6.07) is 0. The Labute approximate surface area is 66.8 Å². The lowest BCUT2D eigenvalue weighted by molar-refractivity contribution is 1.01. The van der Waals surface area contributed by atoms with Crippen LogP contribution in [0.15, 0.2) is 4.99 Å². The van der Waals surface area contributed by atoms with Crippen LogP contribution in [-0.4, -0.2) is 17.4 Å². The molecule has 0 aromatic heterocycles. The van der Waals surface area contributed by atoms with E-state index < -0.39 is 0 Å². The molecule has 2 nitrogen and oxygen atoms in total. The first-order valence-electron chi connectivity index (χ1n) is 3.34. The molecule has 0 rings (SSSR count). The first-order valence-corrected chi connectivity index (χ1v) is 3.72. The molecule has 0 amide bonds. The number of nitrogens with one attached hydrogen (secondary N) is 1. The van der Waals surface area contributed by atoms with Crippen LogP contribution in [0.1, 0.15) is 20.8 Å². The van der Waals surface area contributed by atoms with Gasteiger partial charge in [0.05, 0.1) is 0 Å². The molecule has 0 saturated heterocycles. The molecule has 1 atom stereocenters. The Kier molecular flexibility index (Phi) is 4.28. The van der Waals surface area contributed by atoms with E-state index in [-0.39, 0.29) is 11.1 Å². The standard InChI is InChI=1S/C7H13ClN2/c1-4-10-6(3)5(2)7(8)9/h5,9H,4H2,1-3H3. The van der Waals surface area contributed by atoms with Crippen LogP contribution in [0.5, 0.6) is 0 Å². The Morgan fingerprint density at radius 3 is 2.50 bits per heavy atom. The highest BCUT2D eigenvalue weighted by Crippen LogP contribution is 2.03. The van der Waals surface area contributed by atoms with Crippen molar-refractivity contribution in [3.8, 4) is 0 Å².